The van der Waals surface area contributed by atoms with Gasteiger partial charge < -0.3 is 5.73 Å². The molecule has 2 nitrogen and oxygen atoms in total. The molecular formula is C18H18N2. The van der Waals surface area contributed by atoms with Crippen LogP contribution in [0.1, 0.15) is 24.9 Å². The van der Waals surface area contributed by atoms with Gasteiger partial charge in [0, 0.05) is 23.2 Å². The van der Waals surface area contributed by atoms with Crippen LogP contribution in [0.4, 0.5) is 0 Å². The number of rotatable bonds is 3. The quantitative estimate of drug-likeness (QED) is 0.763. The molecule has 0 aliphatic heterocycles. The van der Waals surface area contributed by atoms with E-state index in [1.54, 1.807) is 0 Å². The van der Waals surface area contributed by atoms with Crippen LogP contribution in [-0.4, -0.2) is 4.98 Å². The van der Waals surface area contributed by atoms with Crippen LogP contribution in [0, 0.1) is 0 Å². The molecule has 0 spiro atoms. The van der Waals surface area contributed by atoms with Crippen LogP contribution in [0.2, 0.25) is 0 Å². The molecule has 2 aromatic carbocycles. The number of pyridine rings is 1. The third kappa shape index (κ3) is 2.43. The summed E-state index contributed by atoms with van der Waals surface area (Å²) in [7, 11) is 0. The van der Waals surface area contributed by atoms with Crippen molar-refractivity contribution in [3.8, 4) is 11.1 Å². The fraction of sp³-hybridized carbons (Fsp3) is 0.167. The molecule has 0 fully saturated rings. The molecule has 20 heavy (non-hydrogen) atoms. The molecule has 2 N–H and O–H groups in total. The predicted octanol–water partition coefficient (Wildman–Crippen LogP) is 4.31. The van der Waals surface area contributed by atoms with Crippen LogP contribution >= 0.6 is 0 Å². The zero-order valence-corrected chi connectivity index (χ0v) is 11.6. The maximum Gasteiger partial charge on any atom is 0.0702 e. The van der Waals surface area contributed by atoms with Gasteiger partial charge in [0.1, 0.15) is 0 Å². The van der Waals surface area contributed by atoms with E-state index >= 15 is 0 Å². The highest BCUT2D eigenvalue weighted by Crippen LogP contribution is 2.24. The zero-order valence-electron chi connectivity index (χ0n) is 11.6. The fourth-order valence-corrected chi connectivity index (χ4v) is 2.39. The minimum Gasteiger partial charge on any atom is -0.324 e. The van der Waals surface area contributed by atoms with Gasteiger partial charge in [-0.2, -0.15) is 0 Å². The molecule has 0 radical (unpaired) electrons. The van der Waals surface area contributed by atoms with Crippen LogP contribution in [-0.2, 0) is 0 Å². The summed E-state index contributed by atoms with van der Waals surface area (Å²) < 4.78 is 0. The van der Waals surface area contributed by atoms with Crippen molar-refractivity contribution < 1.29 is 0 Å². The average Bonchev–Trinajstić information content (AvgIpc) is 2.54. The number of aromatic nitrogens is 1. The zero-order chi connectivity index (χ0) is 13.9. The Hall–Kier alpha value is -2.19. The summed E-state index contributed by atoms with van der Waals surface area (Å²) in [6.45, 7) is 2.10. The molecule has 100 valence electrons. The molecule has 0 aliphatic carbocycles. The van der Waals surface area contributed by atoms with E-state index in [1.165, 1.54) is 16.5 Å². The van der Waals surface area contributed by atoms with Crippen molar-refractivity contribution in [3.63, 3.8) is 0 Å². The van der Waals surface area contributed by atoms with Crippen molar-refractivity contribution in [1.82, 2.24) is 4.98 Å². The molecule has 0 saturated heterocycles. The van der Waals surface area contributed by atoms with Crippen molar-refractivity contribution in [1.29, 1.82) is 0 Å². The van der Waals surface area contributed by atoms with Gasteiger partial charge in [-0.3, -0.25) is 4.98 Å². The van der Waals surface area contributed by atoms with Gasteiger partial charge in [0.25, 0.3) is 0 Å². The van der Waals surface area contributed by atoms with E-state index in [0.717, 1.165) is 17.5 Å². The third-order valence-corrected chi connectivity index (χ3v) is 3.70. The van der Waals surface area contributed by atoms with Crippen molar-refractivity contribution in [2.24, 2.45) is 5.73 Å². The monoisotopic (exact) mass is 262 g/mol. The van der Waals surface area contributed by atoms with Gasteiger partial charge in [0.15, 0.2) is 0 Å². The van der Waals surface area contributed by atoms with Gasteiger partial charge in [-0.15, -0.1) is 0 Å². The van der Waals surface area contributed by atoms with E-state index in [4.69, 9.17) is 5.73 Å². The van der Waals surface area contributed by atoms with Gasteiger partial charge in [-0.1, -0.05) is 49.4 Å². The van der Waals surface area contributed by atoms with Crippen LogP contribution < -0.4 is 5.73 Å². The van der Waals surface area contributed by atoms with Crippen molar-refractivity contribution in [2.45, 2.75) is 19.4 Å². The highest BCUT2D eigenvalue weighted by molar-refractivity contribution is 5.83. The van der Waals surface area contributed by atoms with E-state index < -0.39 is 0 Å². The fourth-order valence-electron chi connectivity index (χ4n) is 2.39. The number of nitrogens with two attached hydrogens (primary N) is 1. The molecule has 1 aromatic heterocycles. The second-order valence-corrected chi connectivity index (χ2v) is 5.05. The first-order valence-electron chi connectivity index (χ1n) is 6.98. The van der Waals surface area contributed by atoms with Crippen molar-refractivity contribution >= 4 is 10.9 Å². The maximum absolute atomic E-state index is 6.05. The van der Waals surface area contributed by atoms with Crippen LogP contribution in [0.15, 0.2) is 60.8 Å². The van der Waals surface area contributed by atoms with Crippen LogP contribution in [0.25, 0.3) is 22.0 Å². The van der Waals surface area contributed by atoms with Crippen LogP contribution in [0.3, 0.4) is 0 Å². The van der Waals surface area contributed by atoms with Crippen molar-refractivity contribution in [2.75, 3.05) is 0 Å². The minimum absolute atomic E-state index is 0.124. The summed E-state index contributed by atoms with van der Waals surface area (Å²) in [5, 5.41) is 1.17. The molecule has 0 aliphatic rings. The second-order valence-electron chi connectivity index (χ2n) is 5.05. The topological polar surface area (TPSA) is 38.9 Å². The minimum atomic E-state index is 0.124. The lowest BCUT2D eigenvalue weighted by molar-refractivity contribution is 0.699. The highest BCUT2D eigenvalue weighted by atomic mass is 14.6. The number of para-hydroxylation sites is 1. The predicted molar refractivity (Wildman–Crippen MR) is 84.4 cm³/mol. The largest absolute Gasteiger partial charge is 0.324 e. The Morgan fingerprint density at radius 3 is 2.50 bits per heavy atom. The normalized spacial score (nSPS) is 12.5. The van der Waals surface area contributed by atoms with E-state index in [2.05, 4.69) is 48.3 Å². The third-order valence-electron chi connectivity index (χ3n) is 3.70. The molecule has 3 rings (SSSR count). The summed E-state index contributed by atoms with van der Waals surface area (Å²) in [6, 6.07) is 18.9. The Kier molecular flexibility index (Phi) is 3.48. The summed E-state index contributed by atoms with van der Waals surface area (Å²) in [5.74, 6) is 0. The molecule has 0 bridgehead atoms. The molecule has 0 amide bonds. The molecular weight excluding hydrogens is 244 g/mol. The summed E-state index contributed by atoms with van der Waals surface area (Å²) in [5.41, 5.74) is 10.6. The van der Waals surface area contributed by atoms with Gasteiger partial charge in [0.2, 0.25) is 0 Å². The van der Waals surface area contributed by atoms with E-state index in [9.17, 15) is 0 Å². The van der Waals surface area contributed by atoms with E-state index in [0.29, 0.717) is 0 Å². The molecule has 1 heterocycles. The van der Waals surface area contributed by atoms with Gasteiger partial charge in [-0.05, 0) is 29.7 Å². The van der Waals surface area contributed by atoms with Gasteiger partial charge >= 0.3 is 0 Å². The lowest BCUT2D eigenvalue weighted by Gasteiger charge is -2.10. The lowest BCUT2D eigenvalue weighted by atomic mass is 10.00. The smallest absolute Gasteiger partial charge is 0.0702 e. The second kappa shape index (κ2) is 5.43. The van der Waals surface area contributed by atoms with Gasteiger partial charge in [0.05, 0.1) is 5.52 Å². The summed E-state index contributed by atoms with van der Waals surface area (Å²) >= 11 is 0. The Morgan fingerprint density at radius 2 is 1.75 bits per heavy atom. The number of hydrogen-bond acceptors (Lipinski definition) is 2. The summed E-state index contributed by atoms with van der Waals surface area (Å²) in [6.07, 6.45) is 2.88. The Labute approximate surface area is 119 Å². The number of hydrogen-bond donors (Lipinski definition) is 1. The Balaban J connectivity index is 1.98. The standard InChI is InChI=1S/C18H18N2/c1-2-17(19)14-9-7-13(8-10-14)16-11-15-5-3-4-6-18(15)20-12-16/h3-12,17H,2,19H2,1H3. The molecule has 3 aromatic rings. The SMILES string of the molecule is CCC(N)c1ccc(-c2cnc3ccccc3c2)cc1. The van der Waals surface area contributed by atoms with E-state index in [-0.39, 0.29) is 6.04 Å². The first-order chi connectivity index (χ1) is 9.78. The molecule has 0 saturated carbocycles. The first kappa shape index (κ1) is 12.8. The van der Waals surface area contributed by atoms with Gasteiger partial charge in [-0.25, -0.2) is 0 Å². The highest BCUT2D eigenvalue weighted by Gasteiger charge is 2.04. The lowest BCUT2D eigenvalue weighted by Crippen LogP contribution is -2.08. The average molecular weight is 262 g/mol. The molecule has 1 unspecified atom stereocenters. The summed E-state index contributed by atoms with van der Waals surface area (Å²) in [4.78, 5) is 4.51. The number of fused-ring (bicyclic) bond motifs is 1. The van der Waals surface area contributed by atoms with Crippen molar-refractivity contribution in [3.05, 3.63) is 66.4 Å². The first-order valence-corrected chi connectivity index (χ1v) is 6.98. The molecule has 1 atom stereocenters. The number of benzene rings is 2. The number of nitrogens with zero attached hydrogens (tertiary/aromatic N) is 1. The van der Waals surface area contributed by atoms with E-state index in [1.807, 2.05) is 24.4 Å². The molecule has 2 heteroatoms. The maximum atomic E-state index is 6.05. The Bertz CT molecular complexity index is 717. The Morgan fingerprint density at radius 1 is 1.00 bits per heavy atom. The van der Waals surface area contributed by atoms with Crippen LogP contribution in [0.5, 0.6) is 0 Å².